The molecule has 8 heteroatoms. The molecule has 0 saturated heterocycles. The molecule has 0 unspecified atom stereocenters. The monoisotopic (exact) mass is 431 g/mol. The zero-order valence-electron chi connectivity index (χ0n) is 15.5. The van der Waals surface area contributed by atoms with Crippen molar-refractivity contribution in [3.05, 3.63) is 57.6 Å². The number of hydrogen-bond acceptors (Lipinski definition) is 3. The van der Waals surface area contributed by atoms with Gasteiger partial charge in [-0.05, 0) is 43.2 Å². The predicted molar refractivity (Wildman–Crippen MR) is 113 cm³/mol. The largest absolute Gasteiger partial charge is 0.323 e. The summed E-state index contributed by atoms with van der Waals surface area (Å²) in [6.45, 7) is 0. The topological polar surface area (TPSA) is 78.5 Å². The molecule has 0 radical (unpaired) electrons. The highest BCUT2D eigenvalue weighted by Crippen LogP contribution is 2.33. The van der Waals surface area contributed by atoms with Gasteiger partial charge in [0.2, 0.25) is 0 Å². The number of carbonyl (C=O) groups is 3. The summed E-state index contributed by atoms with van der Waals surface area (Å²) >= 11 is 12.0. The highest BCUT2D eigenvalue weighted by atomic mass is 35.5. The lowest BCUT2D eigenvalue weighted by Crippen LogP contribution is -2.40. The molecule has 4 rings (SSSR count). The number of nitrogens with zero attached hydrogens (tertiary/aromatic N) is 1. The molecule has 2 aromatic rings. The van der Waals surface area contributed by atoms with E-state index in [1.165, 1.54) is 11.0 Å². The van der Waals surface area contributed by atoms with Crippen molar-refractivity contribution in [3.63, 3.8) is 0 Å². The van der Waals surface area contributed by atoms with Crippen LogP contribution in [0.3, 0.4) is 0 Å². The Labute approximate surface area is 178 Å². The SMILES string of the molecule is O=C(Nc1ccc2c(c1)C(=O)N(C1CCCCC1)C2=O)Nc1cccc(Cl)c1Cl. The standard InChI is InChI=1S/C21H19Cl2N3O3/c22-16-7-4-8-17(18(16)23)25-21(29)24-12-9-10-14-15(11-12)20(28)26(19(14)27)13-5-2-1-3-6-13/h4,7-11,13H,1-3,5-6H2,(H2,24,25,29). The summed E-state index contributed by atoms with van der Waals surface area (Å²) in [7, 11) is 0. The van der Waals surface area contributed by atoms with Crippen LogP contribution in [-0.4, -0.2) is 28.8 Å². The third kappa shape index (κ3) is 3.82. The van der Waals surface area contributed by atoms with E-state index in [9.17, 15) is 14.4 Å². The van der Waals surface area contributed by atoms with Gasteiger partial charge in [-0.1, -0.05) is 48.5 Å². The summed E-state index contributed by atoms with van der Waals surface area (Å²) in [5, 5.41) is 5.85. The van der Waals surface area contributed by atoms with Crippen molar-refractivity contribution < 1.29 is 14.4 Å². The summed E-state index contributed by atoms with van der Waals surface area (Å²) in [6.07, 6.45) is 4.88. The molecule has 1 aliphatic heterocycles. The van der Waals surface area contributed by atoms with Gasteiger partial charge in [0, 0.05) is 11.7 Å². The van der Waals surface area contributed by atoms with Crippen LogP contribution < -0.4 is 10.6 Å². The Kier molecular flexibility index (Phi) is 5.48. The highest BCUT2D eigenvalue weighted by molar-refractivity contribution is 6.44. The maximum atomic E-state index is 12.9. The second-order valence-electron chi connectivity index (χ2n) is 7.21. The van der Waals surface area contributed by atoms with E-state index in [0.717, 1.165) is 32.1 Å². The molecular formula is C21H19Cl2N3O3. The first kappa shape index (κ1) is 19.7. The third-order valence-corrected chi connectivity index (χ3v) is 6.13. The van der Waals surface area contributed by atoms with Gasteiger partial charge in [-0.15, -0.1) is 0 Å². The fraction of sp³-hybridized carbons (Fsp3) is 0.286. The second-order valence-corrected chi connectivity index (χ2v) is 8.00. The molecule has 150 valence electrons. The maximum absolute atomic E-state index is 12.9. The number of imide groups is 1. The van der Waals surface area contributed by atoms with Crippen molar-refractivity contribution in [2.45, 2.75) is 38.1 Å². The zero-order chi connectivity index (χ0) is 20.5. The van der Waals surface area contributed by atoms with Crippen molar-refractivity contribution in [1.29, 1.82) is 0 Å². The van der Waals surface area contributed by atoms with Crippen molar-refractivity contribution in [3.8, 4) is 0 Å². The molecule has 1 aliphatic carbocycles. The van der Waals surface area contributed by atoms with Crippen LogP contribution in [0.15, 0.2) is 36.4 Å². The first-order valence-corrected chi connectivity index (χ1v) is 10.3. The fourth-order valence-electron chi connectivity index (χ4n) is 3.89. The van der Waals surface area contributed by atoms with E-state index in [0.29, 0.717) is 27.5 Å². The number of halogens is 2. The molecule has 1 heterocycles. The summed E-state index contributed by atoms with van der Waals surface area (Å²) in [5.74, 6) is -0.544. The molecule has 0 aromatic heterocycles. The van der Waals surface area contributed by atoms with Crippen molar-refractivity contribution in [2.24, 2.45) is 0 Å². The van der Waals surface area contributed by atoms with Gasteiger partial charge in [0.15, 0.2) is 0 Å². The normalized spacial score (nSPS) is 16.7. The van der Waals surface area contributed by atoms with Crippen molar-refractivity contribution in [1.82, 2.24) is 4.90 Å². The number of amides is 4. The van der Waals surface area contributed by atoms with Crippen LogP contribution in [0.4, 0.5) is 16.2 Å². The van der Waals surface area contributed by atoms with Crippen LogP contribution in [0.2, 0.25) is 10.0 Å². The van der Waals surface area contributed by atoms with E-state index in [2.05, 4.69) is 10.6 Å². The molecule has 29 heavy (non-hydrogen) atoms. The lowest BCUT2D eigenvalue weighted by molar-refractivity contribution is 0.0549. The Morgan fingerprint density at radius 3 is 2.41 bits per heavy atom. The molecule has 0 bridgehead atoms. The van der Waals surface area contributed by atoms with E-state index >= 15 is 0 Å². The van der Waals surface area contributed by atoms with Gasteiger partial charge in [0.05, 0.1) is 26.9 Å². The smallest absolute Gasteiger partial charge is 0.308 e. The van der Waals surface area contributed by atoms with E-state index in [1.807, 2.05) is 0 Å². The number of nitrogens with one attached hydrogen (secondary N) is 2. The molecule has 1 fully saturated rings. The van der Waals surface area contributed by atoms with Crippen LogP contribution in [0, 0.1) is 0 Å². The first-order chi connectivity index (χ1) is 14.0. The van der Waals surface area contributed by atoms with Gasteiger partial charge >= 0.3 is 6.03 Å². The molecule has 2 aliphatic rings. The average Bonchev–Trinajstić information content (AvgIpc) is 2.96. The Morgan fingerprint density at radius 2 is 1.66 bits per heavy atom. The zero-order valence-corrected chi connectivity index (χ0v) is 17.0. The molecular weight excluding hydrogens is 413 g/mol. The lowest BCUT2D eigenvalue weighted by Gasteiger charge is -2.29. The lowest BCUT2D eigenvalue weighted by atomic mass is 9.94. The Hall–Kier alpha value is -2.57. The molecule has 2 aromatic carbocycles. The van der Waals surface area contributed by atoms with E-state index < -0.39 is 6.03 Å². The van der Waals surface area contributed by atoms with Gasteiger partial charge in [0.25, 0.3) is 11.8 Å². The number of anilines is 2. The molecule has 0 atom stereocenters. The number of urea groups is 1. The Morgan fingerprint density at radius 1 is 0.931 bits per heavy atom. The van der Waals surface area contributed by atoms with Crippen LogP contribution >= 0.6 is 23.2 Å². The molecule has 4 amide bonds. The van der Waals surface area contributed by atoms with Gasteiger partial charge in [0.1, 0.15) is 0 Å². The van der Waals surface area contributed by atoms with Crippen LogP contribution in [0.25, 0.3) is 0 Å². The van der Waals surface area contributed by atoms with E-state index in [1.54, 1.807) is 30.3 Å². The summed E-state index contributed by atoms with van der Waals surface area (Å²) in [4.78, 5) is 39.3. The van der Waals surface area contributed by atoms with Crippen LogP contribution in [0.5, 0.6) is 0 Å². The minimum absolute atomic E-state index is 0.0409. The van der Waals surface area contributed by atoms with Crippen molar-refractivity contribution >= 4 is 52.4 Å². The highest BCUT2D eigenvalue weighted by Gasteiger charge is 2.40. The Balaban J connectivity index is 1.50. The van der Waals surface area contributed by atoms with Gasteiger partial charge in [-0.25, -0.2) is 4.79 Å². The summed E-state index contributed by atoms with van der Waals surface area (Å²) in [6, 6.07) is 9.07. The van der Waals surface area contributed by atoms with E-state index in [-0.39, 0.29) is 22.9 Å². The molecule has 6 nitrogen and oxygen atoms in total. The van der Waals surface area contributed by atoms with Gasteiger partial charge in [-0.2, -0.15) is 0 Å². The Bertz CT molecular complexity index is 1000. The van der Waals surface area contributed by atoms with E-state index in [4.69, 9.17) is 23.2 Å². The van der Waals surface area contributed by atoms with Crippen LogP contribution in [0.1, 0.15) is 52.8 Å². The summed E-state index contributed by atoms with van der Waals surface area (Å²) in [5.41, 5.74) is 1.47. The maximum Gasteiger partial charge on any atom is 0.323 e. The predicted octanol–water partition coefficient (Wildman–Crippen LogP) is 5.57. The summed E-state index contributed by atoms with van der Waals surface area (Å²) < 4.78 is 0. The minimum Gasteiger partial charge on any atom is -0.308 e. The quantitative estimate of drug-likeness (QED) is 0.623. The molecule has 0 spiro atoms. The second kappa shape index (κ2) is 8.05. The fourth-order valence-corrected chi connectivity index (χ4v) is 4.24. The average molecular weight is 432 g/mol. The number of benzene rings is 2. The van der Waals surface area contributed by atoms with Gasteiger partial charge < -0.3 is 10.6 Å². The number of hydrogen-bond donors (Lipinski definition) is 2. The molecule has 2 N–H and O–H groups in total. The number of carbonyl (C=O) groups excluding carboxylic acids is 3. The molecule has 1 saturated carbocycles. The van der Waals surface area contributed by atoms with Crippen molar-refractivity contribution in [2.75, 3.05) is 10.6 Å². The number of fused-ring (bicyclic) bond motifs is 1. The third-order valence-electron chi connectivity index (χ3n) is 5.32. The first-order valence-electron chi connectivity index (χ1n) is 9.49. The minimum atomic E-state index is -0.532. The van der Waals surface area contributed by atoms with Crippen LogP contribution in [-0.2, 0) is 0 Å². The number of rotatable bonds is 3. The van der Waals surface area contributed by atoms with Gasteiger partial charge in [-0.3, -0.25) is 14.5 Å².